The number of imide groups is 1. The number of nitrogens with one attached hydrogen (secondary N) is 2. The van der Waals surface area contributed by atoms with Gasteiger partial charge >= 0.3 is 6.03 Å². The van der Waals surface area contributed by atoms with E-state index in [9.17, 15) is 18.4 Å². The average molecular weight is 389 g/mol. The van der Waals surface area contributed by atoms with Crippen LogP contribution in [-0.2, 0) is 11.2 Å². The van der Waals surface area contributed by atoms with Gasteiger partial charge in [0.15, 0.2) is 11.5 Å². The first kappa shape index (κ1) is 18.0. The van der Waals surface area contributed by atoms with Crippen molar-refractivity contribution in [3.05, 3.63) is 47.5 Å². The molecule has 0 spiro atoms. The van der Waals surface area contributed by atoms with Crippen LogP contribution < -0.4 is 25.0 Å². The van der Waals surface area contributed by atoms with Crippen LogP contribution in [-0.4, -0.2) is 31.8 Å². The van der Waals surface area contributed by atoms with Crippen LogP contribution in [0.3, 0.4) is 0 Å². The minimum atomic E-state index is -0.722. The van der Waals surface area contributed by atoms with Crippen molar-refractivity contribution in [1.29, 1.82) is 0 Å². The molecule has 2 aromatic rings. The number of halogens is 2. The molecule has 9 heteroatoms. The highest BCUT2D eigenvalue weighted by Gasteiger charge is 2.24. The molecule has 3 amide bonds. The van der Waals surface area contributed by atoms with Crippen LogP contribution in [0, 0.1) is 11.6 Å². The molecule has 2 N–H and O–H groups in total. The van der Waals surface area contributed by atoms with Crippen LogP contribution in [0.2, 0.25) is 0 Å². The van der Waals surface area contributed by atoms with Crippen molar-refractivity contribution in [2.75, 3.05) is 30.1 Å². The number of carbonyl (C=O) groups excluding carboxylic acids is 2. The molecule has 2 aliphatic rings. The summed E-state index contributed by atoms with van der Waals surface area (Å²) in [6.07, 6.45) is 1.19. The molecule has 0 fully saturated rings. The van der Waals surface area contributed by atoms with Gasteiger partial charge in [0.1, 0.15) is 11.6 Å². The van der Waals surface area contributed by atoms with E-state index in [-0.39, 0.29) is 19.0 Å². The Morgan fingerprint density at radius 1 is 1.11 bits per heavy atom. The Morgan fingerprint density at radius 2 is 1.93 bits per heavy atom. The molecule has 0 bridgehead atoms. The van der Waals surface area contributed by atoms with E-state index in [1.165, 1.54) is 11.0 Å². The second-order valence-corrected chi connectivity index (χ2v) is 6.49. The molecule has 0 saturated heterocycles. The summed E-state index contributed by atoms with van der Waals surface area (Å²) in [6, 6.07) is 6.18. The SMILES string of the molecule is O=C(CN1CCCc2cc(F)cc(F)c21)NC(=O)Nc1ccc2c(c1)OCO2. The Morgan fingerprint density at radius 3 is 2.79 bits per heavy atom. The number of hydrogen-bond acceptors (Lipinski definition) is 5. The summed E-state index contributed by atoms with van der Waals surface area (Å²) < 4.78 is 38.0. The zero-order chi connectivity index (χ0) is 19.7. The fourth-order valence-electron chi connectivity index (χ4n) is 3.37. The number of nitrogens with zero attached hydrogens (tertiary/aromatic N) is 1. The highest BCUT2D eigenvalue weighted by Crippen LogP contribution is 2.34. The molecule has 7 nitrogen and oxygen atoms in total. The molecule has 28 heavy (non-hydrogen) atoms. The smallest absolute Gasteiger partial charge is 0.325 e. The predicted molar refractivity (Wildman–Crippen MR) is 96.6 cm³/mol. The van der Waals surface area contributed by atoms with Crippen LogP contribution in [0.4, 0.5) is 25.0 Å². The van der Waals surface area contributed by atoms with Gasteiger partial charge in [0.05, 0.1) is 12.2 Å². The summed E-state index contributed by atoms with van der Waals surface area (Å²) in [5.41, 5.74) is 1.15. The maximum Gasteiger partial charge on any atom is 0.325 e. The van der Waals surface area contributed by atoms with Crippen LogP contribution in [0.1, 0.15) is 12.0 Å². The van der Waals surface area contributed by atoms with E-state index in [2.05, 4.69) is 10.6 Å². The molecule has 2 aromatic carbocycles. The lowest BCUT2D eigenvalue weighted by atomic mass is 10.0. The summed E-state index contributed by atoms with van der Waals surface area (Å²) in [7, 11) is 0. The van der Waals surface area contributed by atoms with Crippen LogP contribution in [0.25, 0.3) is 0 Å². The lowest BCUT2D eigenvalue weighted by Crippen LogP contribution is -2.43. The number of amides is 3. The van der Waals surface area contributed by atoms with E-state index in [1.54, 1.807) is 18.2 Å². The molecule has 0 aliphatic carbocycles. The van der Waals surface area contributed by atoms with Gasteiger partial charge in [-0.2, -0.15) is 0 Å². The minimum Gasteiger partial charge on any atom is -0.454 e. The summed E-state index contributed by atoms with van der Waals surface area (Å²) in [4.78, 5) is 25.8. The molecule has 4 rings (SSSR count). The summed E-state index contributed by atoms with van der Waals surface area (Å²) >= 11 is 0. The number of benzene rings is 2. The molecule has 0 aromatic heterocycles. The largest absolute Gasteiger partial charge is 0.454 e. The number of carbonyl (C=O) groups is 2. The van der Waals surface area contributed by atoms with Crippen molar-refractivity contribution < 1.29 is 27.8 Å². The number of hydrogen-bond donors (Lipinski definition) is 2. The second-order valence-electron chi connectivity index (χ2n) is 6.49. The van der Waals surface area contributed by atoms with E-state index in [0.29, 0.717) is 42.1 Å². The van der Waals surface area contributed by atoms with Gasteiger partial charge in [-0.25, -0.2) is 13.6 Å². The molecule has 2 heterocycles. The van der Waals surface area contributed by atoms with Crippen molar-refractivity contribution in [3.8, 4) is 11.5 Å². The van der Waals surface area contributed by atoms with Crippen molar-refractivity contribution in [2.24, 2.45) is 0 Å². The zero-order valence-electron chi connectivity index (χ0n) is 14.8. The maximum atomic E-state index is 14.2. The van der Waals surface area contributed by atoms with Crippen molar-refractivity contribution >= 4 is 23.3 Å². The van der Waals surface area contributed by atoms with E-state index in [4.69, 9.17) is 9.47 Å². The first-order valence-corrected chi connectivity index (χ1v) is 8.73. The van der Waals surface area contributed by atoms with E-state index < -0.39 is 23.6 Å². The lowest BCUT2D eigenvalue weighted by molar-refractivity contribution is -0.118. The van der Waals surface area contributed by atoms with Crippen LogP contribution >= 0.6 is 0 Å². The monoisotopic (exact) mass is 389 g/mol. The molecule has 0 unspecified atom stereocenters. The molecule has 0 atom stereocenters. The van der Waals surface area contributed by atoms with Gasteiger partial charge in [0.2, 0.25) is 12.7 Å². The van der Waals surface area contributed by atoms with Gasteiger partial charge in [-0.05, 0) is 36.6 Å². The zero-order valence-corrected chi connectivity index (χ0v) is 14.8. The van der Waals surface area contributed by atoms with Gasteiger partial charge in [-0.3, -0.25) is 10.1 Å². The van der Waals surface area contributed by atoms with E-state index in [1.807, 2.05) is 0 Å². The number of urea groups is 1. The fraction of sp³-hybridized carbons (Fsp3) is 0.263. The first-order valence-electron chi connectivity index (χ1n) is 8.73. The van der Waals surface area contributed by atoms with Gasteiger partial charge in [-0.1, -0.05) is 0 Å². The van der Waals surface area contributed by atoms with Gasteiger partial charge in [-0.15, -0.1) is 0 Å². The number of rotatable bonds is 3. The Kier molecular flexibility index (Phi) is 4.72. The van der Waals surface area contributed by atoms with Crippen molar-refractivity contribution in [1.82, 2.24) is 5.32 Å². The van der Waals surface area contributed by atoms with Crippen molar-refractivity contribution in [2.45, 2.75) is 12.8 Å². The first-order chi connectivity index (χ1) is 13.5. The second kappa shape index (κ2) is 7.34. The molecular formula is C19H17F2N3O4. The van der Waals surface area contributed by atoms with Gasteiger partial charge < -0.3 is 19.7 Å². The molecule has 2 aliphatic heterocycles. The summed E-state index contributed by atoms with van der Waals surface area (Å²) in [6.45, 7) is 0.331. The third-order valence-corrected chi connectivity index (χ3v) is 4.52. The summed E-state index contributed by atoms with van der Waals surface area (Å²) in [5.74, 6) is -0.895. The minimum absolute atomic E-state index is 0.112. The molecule has 0 radical (unpaired) electrons. The number of fused-ring (bicyclic) bond motifs is 2. The predicted octanol–water partition coefficient (Wildman–Crippen LogP) is 2.79. The van der Waals surface area contributed by atoms with Crippen LogP contribution in [0.5, 0.6) is 11.5 Å². The third kappa shape index (κ3) is 3.68. The number of ether oxygens (including phenoxy) is 2. The Labute approximate surface area is 159 Å². The maximum absolute atomic E-state index is 14.2. The van der Waals surface area contributed by atoms with Gasteiger partial charge in [0, 0.05) is 24.4 Å². The number of aryl methyl sites for hydroxylation is 1. The molecule has 146 valence electrons. The normalized spacial score (nSPS) is 14.4. The van der Waals surface area contributed by atoms with Gasteiger partial charge in [0.25, 0.3) is 0 Å². The van der Waals surface area contributed by atoms with Crippen LogP contribution in [0.15, 0.2) is 30.3 Å². The Bertz CT molecular complexity index is 951. The standard InChI is InChI=1S/C19H17F2N3O4/c20-12-6-11-2-1-5-24(18(11)14(21)7-12)9-17(25)23-19(26)22-13-3-4-15-16(8-13)28-10-27-15/h3-4,6-8H,1-2,5,9-10H2,(H2,22,23,25,26). The third-order valence-electron chi connectivity index (χ3n) is 4.52. The lowest BCUT2D eigenvalue weighted by Gasteiger charge is -2.31. The Hall–Kier alpha value is -3.36. The van der Waals surface area contributed by atoms with E-state index >= 15 is 0 Å². The van der Waals surface area contributed by atoms with Crippen molar-refractivity contribution in [3.63, 3.8) is 0 Å². The quantitative estimate of drug-likeness (QED) is 0.844. The molecule has 0 saturated carbocycles. The highest BCUT2D eigenvalue weighted by atomic mass is 19.1. The highest BCUT2D eigenvalue weighted by molar-refractivity contribution is 6.02. The topological polar surface area (TPSA) is 79.9 Å². The average Bonchev–Trinajstić information content (AvgIpc) is 3.08. The van der Waals surface area contributed by atoms with E-state index in [0.717, 1.165) is 6.07 Å². The number of anilines is 2. The Balaban J connectivity index is 1.38. The molecular weight excluding hydrogens is 372 g/mol. The fourth-order valence-corrected chi connectivity index (χ4v) is 3.37. The summed E-state index contributed by atoms with van der Waals surface area (Å²) in [5, 5.41) is 4.74.